The smallest absolute Gasteiger partial charge is 0.343 e. The van der Waals surface area contributed by atoms with E-state index < -0.39 is 5.97 Å². The minimum atomic E-state index is -1.05. The summed E-state index contributed by atoms with van der Waals surface area (Å²) in [6.45, 7) is 3.00. The minimum Gasteiger partial charge on any atom is -0.477 e. The first-order valence-corrected chi connectivity index (χ1v) is 9.07. The summed E-state index contributed by atoms with van der Waals surface area (Å²) in [6.07, 6.45) is 5.15. The third-order valence-corrected chi connectivity index (χ3v) is 4.71. The number of aromatic nitrogens is 2. The van der Waals surface area contributed by atoms with Gasteiger partial charge in [-0.25, -0.2) is 9.78 Å². The Morgan fingerprint density at radius 3 is 2.25 bits per heavy atom. The van der Waals surface area contributed by atoms with Gasteiger partial charge in [0.1, 0.15) is 11.3 Å². The van der Waals surface area contributed by atoms with E-state index in [0.717, 1.165) is 18.8 Å². The molecule has 3 heterocycles. The highest BCUT2D eigenvalue weighted by Crippen LogP contribution is 2.31. The van der Waals surface area contributed by atoms with Crippen molar-refractivity contribution < 1.29 is 14.6 Å². The highest BCUT2D eigenvalue weighted by molar-refractivity contribution is 5.97. The fraction of sp³-hybridized carbons (Fsp3) is 0.190. The van der Waals surface area contributed by atoms with Gasteiger partial charge in [-0.15, -0.1) is 0 Å². The zero-order valence-corrected chi connectivity index (χ0v) is 15.2. The average molecular weight is 376 g/mol. The number of carboxylic acids is 1. The zero-order valence-electron chi connectivity index (χ0n) is 15.2. The Morgan fingerprint density at radius 1 is 0.893 bits per heavy atom. The summed E-state index contributed by atoms with van der Waals surface area (Å²) in [5.41, 5.74) is 1.84. The second-order valence-corrected chi connectivity index (χ2v) is 6.41. The van der Waals surface area contributed by atoms with Crippen molar-refractivity contribution in [2.75, 3.05) is 36.0 Å². The van der Waals surface area contributed by atoms with E-state index in [4.69, 9.17) is 4.74 Å². The van der Waals surface area contributed by atoms with Gasteiger partial charge in [0, 0.05) is 50.5 Å². The number of carboxylic acid groups (broad SMARTS) is 1. The SMILES string of the molecule is O=C(O)c1c(N2CCN(c3ccncc3)CC2)ccnc1Oc1ccccc1. The van der Waals surface area contributed by atoms with Crippen LogP contribution in [0.1, 0.15) is 10.4 Å². The average Bonchev–Trinajstić information content (AvgIpc) is 2.75. The van der Waals surface area contributed by atoms with E-state index in [1.54, 1.807) is 36.8 Å². The molecule has 1 aliphatic heterocycles. The molecule has 1 N–H and O–H groups in total. The molecule has 0 aliphatic carbocycles. The monoisotopic (exact) mass is 376 g/mol. The van der Waals surface area contributed by atoms with E-state index in [1.807, 2.05) is 30.3 Å². The molecule has 0 spiro atoms. The van der Waals surface area contributed by atoms with Gasteiger partial charge >= 0.3 is 5.97 Å². The molecule has 28 heavy (non-hydrogen) atoms. The maximum Gasteiger partial charge on any atom is 0.343 e. The van der Waals surface area contributed by atoms with Gasteiger partial charge in [0.25, 0.3) is 0 Å². The summed E-state index contributed by atoms with van der Waals surface area (Å²) >= 11 is 0. The molecule has 0 amide bonds. The van der Waals surface area contributed by atoms with Crippen molar-refractivity contribution in [3.8, 4) is 11.6 Å². The maximum atomic E-state index is 12.0. The number of ether oxygens (including phenoxy) is 1. The first kappa shape index (κ1) is 17.8. The number of aromatic carboxylic acids is 1. The quantitative estimate of drug-likeness (QED) is 0.732. The molecule has 1 fully saturated rings. The van der Waals surface area contributed by atoms with Crippen LogP contribution in [0.3, 0.4) is 0 Å². The third-order valence-electron chi connectivity index (χ3n) is 4.71. The number of anilines is 2. The third kappa shape index (κ3) is 3.73. The van der Waals surface area contributed by atoms with Crippen LogP contribution in [0.25, 0.3) is 0 Å². The van der Waals surface area contributed by atoms with Gasteiger partial charge in [-0.2, -0.15) is 0 Å². The van der Waals surface area contributed by atoms with Crippen molar-refractivity contribution in [2.45, 2.75) is 0 Å². The Bertz CT molecular complexity index is 942. The Labute approximate surface area is 162 Å². The van der Waals surface area contributed by atoms with Crippen molar-refractivity contribution in [1.82, 2.24) is 9.97 Å². The van der Waals surface area contributed by atoms with Crippen LogP contribution in [-0.4, -0.2) is 47.2 Å². The van der Waals surface area contributed by atoms with Crippen LogP contribution in [0.4, 0.5) is 11.4 Å². The predicted molar refractivity (Wildman–Crippen MR) is 106 cm³/mol. The highest BCUT2D eigenvalue weighted by Gasteiger charge is 2.25. The Hall–Kier alpha value is -3.61. The molecule has 0 radical (unpaired) electrons. The Kier molecular flexibility index (Phi) is 5.05. The minimum absolute atomic E-state index is 0.0868. The number of carbonyl (C=O) groups is 1. The number of rotatable bonds is 5. The number of hydrogen-bond acceptors (Lipinski definition) is 6. The second kappa shape index (κ2) is 7.96. The lowest BCUT2D eigenvalue weighted by atomic mass is 10.1. The van der Waals surface area contributed by atoms with Gasteiger partial charge in [-0.05, 0) is 30.3 Å². The summed E-state index contributed by atoms with van der Waals surface area (Å²) in [5.74, 6) is -0.393. The number of para-hydroxylation sites is 1. The Morgan fingerprint density at radius 2 is 1.57 bits per heavy atom. The molecule has 1 aliphatic rings. The summed E-state index contributed by atoms with van der Waals surface area (Å²) in [4.78, 5) is 24.6. The predicted octanol–water partition coefficient (Wildman–Crippen LogP) is 3.29. The lowest BCUT2D eigenvalue weighted by Crippen LogP contribution is -2.47. The fourth-order valence-electron chi connectivity index (χ4n) is 3.34. The summed E-state index contributed by atoms with van der Waals surface area (Å²) in [5, 5.41) is 9.82. The van der Waals surface area contributed by atoms with Crippen LogP contribution in [0, 0.1) is 0 Å². The molecule has 1 saturated heterocycles. The normalized spacial score (nSPS) is 14.0. The maximum absolute atomic E-state index is 12.0. The number of piperazine rings is 1. The summed E-state index contributed by atoms with van der Waals surface area (Å²) in [7, 11) is 0. The van der Waals surface area contributed by atoms with Gasteiger partial charge in [0.2, 0.25) is 5.88 Å². The molecule has 3 aromatic rings. The van der Waals surface area contributed by atoms with Crippen LogP contribution < -0.4 is 14.5 Å². The van der Waals surface area contributed by atoms with Crippen LogP contribution >= 0.6 is 0 Å². The van der Waals surface area contributed by atoms with Crippen LogP contribution in [0.15, 0.2) is 67.1 Å². The van der Waals surface area contributed by atoms with Crippen molar-refractivity contribution in [3.05, 3.63) is 72.7 Å². The molecular weight excluding hydrogens is 356 g/mol. The highest BCUT2D eigenvalue weighted by atomic mass is 16.5. The second-order valence-electron chi connectivity index (χ2n) is 6.41. The van der Waals surface area contributed by atoms with Crippen molar-refractivity contribution in [2.24, 2.45) is 0 Å². The van der Waals surface area contributed by atoms with Gasteiger partial charge in [0.05, 0.1) is 5.69 Å². The van der Waals surface area contributed by atoms with Gasteiger partial charge < -0.3 is 19.6 Å². The molecule has 7 nitrogen and oxygen atoms in total. The van der Waals surface area contributed by atoms with E-state index in [2.05, 4.69) is 19.8 Å². The number of hydrogen-bond donors (Lipinski definition) is 1. The largest absolute Gasteiger partial charge is 0.477 e. The first-order chi connectivity index (χ1) is 13.7. The van der Waals surface area contributed by atoms with Crippen molar-refractivity contribution >= 4 is 17.3 Å². The molecule has 0 bridgehead atoms. The van der Waals surface area contributed by atoms with E-state index in [1.165, 1.54) is 0 Å². The lowest BCUT2D eigenvalue weighted by molar-refractivity contribution is 0.0694. The van der Waals surface area contributed by atoms with Crippen molar-refractivity contribution in [1.29, 1.82) is 0 Å². The molecular formula is C21H20N4O3. The van der Waals surface area contributed by atoms with Crippen LogP contribution in [0.5, 0.6) is 11.6 Å². The number of benzene rings is 1. The number of pyridine rings is 2. The van der Waals surface area contributed by atoms with Crippen LogP contribution in [0.2, 0.25) is 0 Å². The molecule has 2 aromatic heterocycles. The molecule has 0 saturated carbocycles. The van der Waals surface area contributed by atoms with Crippen molar-refractivity contribution in [3.63, 3.8) is 0 Å². The molecule has 4 rings (SSSR count). The first-order valence-electron chi connectivity index (χ1n) is 9.07. The lowest BCUT2D eigenvalue weighted by Gasteiger charge is -2.37. The molecule has 142 valence electrons. The van der Waals surface area contributed by atoms with Crippen LogP contribution in [-0.2, 0) is 0 Å². The van der Waals surface area contributed by atoms with E-state index in [0.29, 0.717) is 24.5 Å². The molecule has 0 atom stereocenters. The van der Waals surface area contributed by atoms with E-state index >= 15 is 0 Å². The summed E-state index contributed by atoms with van der Waals surface area (Å²) in [6, 6.07) is 14.8. The zero-order chi connectivity index (χ0) is 19.3. The standard InChI is InChI=1S/C21H20N4O3/c26-21(27)19-18(8-11-23-20(19)28-17-4-2-1-3-5-17)25-14-12-24(13-15-25)16-6-9-22-10-7-16/h1-11H,12-15H2,(H,26,27). The number of nitrogens with zero attached hydrogens (tertiary/aromatic N) is 4. The summed E-state index contributed by atoms with van der Waals surface area (Å²) < 4.78 is 5.76. The molecule has 0 unspecified atom stereocenters. The van der Waals surface area contributed by atoms with E-state index in [9.17, 15) is 9.90 Å². The van der Waals surface area contributed by atoms with Gasteiger partial charge in [-0.1, -0.05) is 18.2 Å². The molecule has 7 heteroatoms. The van der Waals surface area contributed by atoms with Gasteiger partial charge in [0.15, 0.2) is 0 Å². The topological polar surface area (TPSA) is 78.8 Å². The van der Waals surface area contributed by atoms with E-state index in [-0.39, 0.29) is 11.4 Å². The Balaban J connectivity index is 1.56. The van der Waals surface area contributed by atoms with Gasteiger partial charge in [-0.3, -0.25) is 4.98 Å². The molecule has 1 aromatic carbocycles. The fourth-order valence-corrected chi connectivity index (χ4v) is 3.34.